The molecule has 0 spiro atoms. The molecule has 0 aromatic rings. The van der Waals surface area contributed by atoms with E-state index in [9.17, 15) is 0 Å². The van der Waals surface area contributed by atoms with E-state index in [0.29, 0.717) is 6.10 Å². The first kappa shape index (κ1) is 10.9. The van der Waals surface area contributed by atoms with E-state index in [2.05, 4.69) is 34.7 Å². The Bertz CT molecular complexity index is 117. The summed E-state index contributed by atoms with van der Waals surface area (Å²) in [6.45, 7) is 3.63. The number of allylic oxidation sites excluding steroid dienone is 2. The molecule has 0 aliphatic carbocycles. The van der Waals surface area contributed by atoms with Gasteiger partial charge < -0.3 is 4.74 Å². The van der Waals surface area contributed by atoms with Gasteiger partial charge in [0.15, 0.2) is 0 Å². The highest BCUT2D eigenvalue weighted by molar-refractivity contribution is 9.09. The molecular formula is C9H15BrO. The summed E-state index contributed by atoms with van der Waals surface area (Å²) < 4.78 is 5.16. The number of hydrogen-bond acceptors (Lipinski definition) is 1. The Morgan fingerprint density at radius 3 is 2.73 bits per heavy atom. The van der Waals surface area contributed by atoms with E-state index >= 15 is 0 Å². The van der Waals surface area contributed by atoms with Crippen LogP contribution >= 0.6 is 15.9 Å². The zero-order valence-electron chi connectivity index (χ0n) is 6.92. The Balaban J connectivity index is 3.40. The average molecular weight is 219 g/mol. The number of rotatable bonds is 6. The minimum atomic E-state index is 0.302. The molecule has 1 nitrogen and oxygen atoms in total. The number of methoxy groups -OCH3 is 1. The first-order chi connectivity index (χ1) is 5.35. The molecule has 0 heterocycles. The first-order valence-electron chi connectivity index (χ1n) is 3.69. The molecule has 0 saturated carbocycles. The van der Waals surface area contributed by atoms with Gasteiger partial charge in [-0.3, -0.25) is 0 Å². The Morgan fingerprint density at radius 1 is 1.55 bits per heavy atom. The highest BCUT2D eigenvalue weighted by Crippen LogP contribution is 2.02. The molecule has 0 radical (unpaired) electrons. The standard InChI is InChI=1S/C9H15BrO/c1-3-4-5-6-7-9(8-10)11-2/h3,5-6,9H,1,4,7-8H2,2H3/b6-5+. The molecule has 2 heteroatoms. The quantitative estimate of drug-likeness (QED) is 0.493. The SMILES string of the molecule is C=CC/C=C/CC(CBr)OC. The average Bonchev–Trinajstić information content (AvgIpc) is 2.05. The number of alkyl halides is 1. The summed E-state index contributed by atoms with van der Waals surface area (Å²) in [5.74, 6) is 0. The fourth-order valence-corrected chi connectivity index (χ4v) is 1.19. The summed E-state index contributed by atoms with van der Waals surface area (Å²) in [7, 11) is 1.73. The summed E-state index contributed by atoms with van der Waals surface area (Å²) >= 11 is 3.37. The van der Waals surface area contributed by atoms with Gasteiger partial charge in [-0.15, -0.1) is 6.58 Å². The van der Waals surface area contributed by atoms with Crippen molar-refractivity contribution in [2.75, 3.05) is 12.4 Å². The van der Waals surface area contributed by atoms with Crippen molar-refractivity contribution in [3.63, 3.8) is 0 Å². The maximum atomic E-state index is 5.16. The van der Waals surface area contributed by atoms with Crippen molar-refractivity contribution in [1.82, 2.24) is 0 Å². The molecule has 0 fully saturated rings. The lowest BCUT2D eigenvalue weighted by Crippen LogP contribution is -2.09. The minimum Gasteiger partial charge on any atom is -0.380 e. The topological polar surface area (TPSA) is 9.23 Å². The van der Waals surface area contributed by atoms with Crippen LogP contribution in [0.15, 0.2) is 24.8 Å². The zero-order valence-corrected chi connectivity index (χ0v) is 8.51. The van der Waals surface area contributed by atoms with Crippen LogP contribution in [-0.4, -0.2) is 18.5 Å². The van der Waals surface area contributed by atoms with Crippen molar-refractivity contribution in [2.24, 2.45) is 0 Å². The summed E-state index contributed by atoms with van der Waals surface area (Å²) in [5.41, 5.74) is 0. The second kappa shape index (κ2) is 8.02. The van der Waals surface area contributed by atoms with Gasteiger partial charge in [0, 0.05) is 12.4 Å². The summed E-state index contributed by atoms with van der Waals surface area (Å²) in [6, 6.07) is 0. The molecule has 0 rings (SSSR count). The summed E-state index contributed by atoms with van der Waals surface area (Å²) in [5, 5.41) is 0.891. The third kappa shape index (κ3) is 6.32. The molecule has 0 amide bonds. The maximum Gasteiger partial charge on any atom is 0.0702 e. The van der Waals surface area contributed by atoms with Gasteiger partial charge in [0.1, 0.15) is 0 Å². The predicted octanol–water partition coefficient (Wildman–Crippen LogP) is 2.92. The molecule has 0 aromatic heterocycles. The molecule has 0 aliphatic heterocycles. The van der Waals surface area contributed by atoms with Crippen LogP contribution in [-0.2, 0) is 4.74 Å². The Labute approximate surface area is 77.3 Å². The van der Waals surface area contributed by atoms with Gasteiger partial charge >= 0.3 is 0 Å². The van der Waals surface area contributed by atoms with E-state index in [-0.39, 0.29) is 0 Å². The van der Waals surface area contributed by atoms with Gasteiger partial charge in [-0.2, -0.15) is 0 Å². The molecule has 0 aliphatic rings. The Morgan fingerprint density at radius 2 is 2.27 bits per heavy atom. The fourth-order valence-electron chi connectivity index (χ4n) is 0.663. The van der Waals surface area contributed by atoms with E-state index in [4.69, 9.17) is 4.74 Å². The second-order valence-electron chi connectivity index (χ2n) is 2.24. The van der Waals surface area contributed by atoms with Gasteiger partial charge in [0.25, 0.3) is 0 Å². The number of ether oxygens (including phenoxy) is 1. The highest BCUT2D eigenvalue weighted by atomic mass is 79.9. The molecule has 0 saturated heterocycles. The van der Waals surface area contributed by atoms with Gasteiger partial charge in [-0.05, 0) is 12.8 Å². The lowest BCUT2D eigenvalue weighted by atomic mass is 10.2. The molecule has 1 unspecified atom stereocenters. The molecule has 64 valence electrons. The van der Waals surface area contributed by atoms with E-state index in [0.717, 1.165) is 18.2 Å². The number of halogens is 1. The lowest BCUT2D eigenvalue weighted by molar-refractivity contribution is 0.125. The first-order valence-corrected chi connectivity index (χ1v) is 4.82. The van der Waals surface area contributed by atoms with E-state index < -0.39 is 0 Å². The summed E-state index contributed by atoms with van der Waals surface area (Å²) in [6.07, 6.45) is 8.32. The molecule has 0 N–H and O–H groups in total. The summed E-state index contributed by atoms with van der Waals surface area (Å²) in [4.78, 5) is 0. The van der Waals surface area contributed by atoms with Crippen molar-refractivity contribution in [3.8, 4) is 0 Å². The predicted molar refractivity (Wildman–Crippen MR) is 53.2 cm³/mol. The van der Waals surface area contributed by atoms with Crippen LogP contribution in [0.4, 0.5) is 0 Å². The van der Waals surface area contributed by atoms with Gasteiger partial charge in [0.05, 0.1) is 6.10 Å². The van der Waals surface area contributed by atoms with E-state index in [1.807, 2.05) is 6.08 Å². The van der Waals surface area contributed by atoms with Crippen LogP contribution in [0.1, 0.15) is 12.8 Å². The van der Waals surface area contributed by atoms with Gasteiger partial charge in [-0.1, -0.05) is 34.2 Å². The van der Waals surface area contributed by atoms with E-state index in [1.54, 1.807) is 7.11 Å². The highest BCUT2D eigenvalue weighted by Gasteiger charge is 1.99. The molecule has 0 bridgehead atoms. The maximum absolute atomic E-state index is 5.16. The lowest BCUT2D eigenvalue weighted by Gasteiger charge is -2.07. The Kier molecular flexibility index (Phi) is 7.96. The monoisotopic (exact) mass is 218 g/mol. The normalized spacial score (nSPS) is 13.6. The van der Waals surface area contributed by atoms with Crippen LogP contribution in [0.25, 0.3) is 0 Å². The fraction of sp³-hybridized carbons (Fsp3) is 0.556. The van der Waals surface area contributed by atoms with Crippen molar-refractivity contribution >= 4 is 15.9 Å². The van der Waals surface area contributed by atoms with Crippen LogP contribution in [0.2, 0.25) is 0 Å². The van der Waals surface area contributed by atoms with Crippen molar-refractivity contribution in [3.05, 3.63) is 24.8 Å². The van der Waals surface area contributed by atoms with Crippen LogP contribution in [0.3, 0.4) is 0 Å². The Hall–Kier alpha value is -0.0800. The number of hydrogen-bond donors (Lipinski definition) is 0. The molecule has 0 aromatic carbocycles. The van der Waals surface area contributed by atoms with Crippen LogP contribution < -0.4 is 0 Å². The van der Waals surface area contributed by atoms with Crippen molar-refractivity contribution in [1.29, 1.82) is 0 Å². The van der Waals surface area contributed by atoms with Gasteiger partial charge in [0.2, 0.25) is 0 Å². The van der Waals surface area contributed by atoms with Crippen molar-refractivity contribution < 1.29 is 4.74 Å². The third-order valence-electron chi connectivity index (χ3n) is 1.37. The van der Waals surface area contributed by atoms with E-state index in [1.165, 1.54) is 0 Å². The third-order valence-corrected chi connectivity index (χ3v) is 2.10. The van der Waals surface area contributed by atoms with Gasteiger partial charge in [-0.25, -0.2) is 0 Å². The smallest absolute Gasteiger partial charge is 0.0702 e. The molecule has 11 heavy (non-hydrogen) atoms. The second-order valence-corrected chi connectivity index (χ2v) is 2.89. The van der Waals surface area contributed by atoms with Crippen molar-refractivity contribution in [2.45, 2.75) is 18.9 Å². The van der Waals surface area contributed by atoms with Crippen LogP contribution in [0.5, 0.6) is 0 Å². The zero-order chi connectivity index (χ0) is 8.53. The largest absolute Gasteiger partial charge is 0.380 e. The minimum absolute atomic E-state index is 0.302. The molecular weight excluding hydrogens is 204 g/mol. The van der Waals surface area contributed by atoms with Crippen LogP contribution in [0, 0.1) is 0 Å². The molecule has 1 atom stereocenters.